The van der Waals surface area contributed by atoms with E-state index >= 15 is 0 Å². The number of benzene rings is 2. The van der Waals surface area contributed by atoms with Crippen molar-refractivity contribution >= 4 is 0 Å². The normalized spacial score (nSPS) is 10.8. The molecule has 0 atom stereocenters. The molecular formula is C20H26O2. The maximum atomic E-state index is 10.4. The summed E-state index contributed by atoms with van der Waals surface area (Å²) in [5.74, 6) is 0.515. The quantitative estimate of drug-likeness (QED) is 0.713. The fourth-order valence-electron chi connectivity index (χ4n) is 2.90. The smallest absolute Gasteiger partial charge is 0.123 e. The lowest BCUT2D eigenvalue weighted by Crippen LogP contribution is -1.96. The molecule has 0 aromatic heterocycles. The summed E-state index contributed by atoms with van der Waals surface area (Å²) in [4.78, 5) is 0. The Morgan fingerprint density at radius 1 is 0.682 bits per heavy atom. The first-order chi connectivity index (χ1) is 10.7. The van der Waals surface area contributed by atoms with Gasteiger partial charge in [0.25, 0.3) is 0 Å². The van der Waals surface area contributed by atoms with Gasteiger partial charge in [0.2, 0.25) is 0 Å². The van der Waals surface area contributed by atoms with E-state index in [0.29, 0.717) is 0 Å². The molecule has 0 heterocycles. The van der Waals surface area contributed by atoms with Crippen molar-refractivity contribution in [1.82, 2.24) is 0 Å². The van der Waals surface area contributed by atoms with Gasteiger partial charge in [-0.05, 0) is 48.9 Å². The van der Waals surface area contributed by atoms with Crippen LogP contribution < -0.4 is 0 Å². The predicted molar refractivity (Wildman–Crippen MR) is 92.4 cm³/mol. The summed E-state index contributed by atoms with van der Waals surface area (Å²) >= 11 is 0. The molecule has 2 aromatic carbocycles. The van der Waals surface area contributed by atoms with Crippen LogP contribution >= 0.6 is 0 Å². The second-order valence-electron chi connectivity index (χ2n) is 5.83. The lowest BCUT2D eigenvalue weighted by atomic mass is 9.90. The summed E-state index contributed by atoms with van der Waals surface area (Å²) in [6, 6.07) is 11.3. The van der Waals surface area contributed by atoms with Gasteiger partial charge in [-0.25, -0.2) is 0 Å². The number of phenols is 2. The van der Waals surface area contributed by atoms with Crippen molar-refractivity contribution in [2.75, 3.05) is 0 Å². The highest BCUT2D eigenvalue weighted by atomic mass is 16.3. The summed E-state index contributed by atoms with van der Waals surface area (Å²) in [5.41, 5.74) is 3.84. The third-order valence-electron chi connectivity index (χ3n) is 4.11. The Morgan fingerprint density at radius 3 is 1.45 bits per heavy atom. The molecule has 2 nitrogen and oxygen atoms in total. The number of rotatable bonds is 7. The number of phenolic OH excluding ortho intramolecular Hbond substituents is 2. The van der Waals surface area contributed by atoms with Crippen LogP contribution in [0.1, 0.15) is 50.7 Å². The van der Waals surface area contributed by atoms with E-state index in [1.165, 1.54) is 0 Å². The van der Waals surface area contributed by atoms with Gasteiger partial charge in [-0.1, -0.05) is 51.0 Å². The van der Waals surface area contributed by atoms with Crippen LogP contribution in [-0.4, -0.2) is 10.2 Å². The average Bonchev–Trinajstić information content (AvgIpc) is 2.52. The standard InChI is InChI=1S/C20H26O2/c1-3-5-9-15-11-7-13-17(21)19(15)20-16(10-6-4-2)12-8-14-18(20)22/h7-8,11-14,21-22H,3-6,9-10H2,1-2H3. The fraction of sp³-hybridized carbons (Fsp3) is 0.400. The Bertz CT molecular complexity index is 562. The van der Waals surface area contributed by atoms with Crippen molar-refractivity contribution in [3.8, 4) is 22.6 Å². The van der Waals surface area contributed by atoms with E-state index in [-0.39, 0.29) is 11.5 Å². The highest BCUT2D eigenvalue weighted by Gasteiger charge is 2.17. The molecule has 0 saturated heterocycles. The average molecular weight is 298 g/mol. The van der Waals surface area contributed by atoms with Crippen molar-refractivity contribution in [3.05, 3.63) is 47.5 Å². The molecule has 0 aliphatic rings. The Morgan fingerprint density at radius 2 is 1.09 bits per heavy atom. The van der Waals surface area contributed by atoms with Crippen molar-refractivity contribution in [1.29, 1.82) is 0 Å². The van der Waals surface area contributed by atoms with E-state index in [1.807, 2.05) is 12.1 Å². The van der Waals surface area contributed by atoms with Gasteiger partial charge in [0.05, 0.1) is 0 Å². The Hall–Kier alpha value is -1.96. The Kier molecular flexibility index (Phi) is 5.88. The van der Waals surface area contributed by atoms with Crippen LogP contribution in [0.4, 0.5) is 0 Å². The highest BCUT2D eigenvalue weighted by Crippen LogP contribution is 2.41. The molecule has 0 aliphatic carbocycles. The van der Waals surface area contributed by atoms with Gasteiger partial charge >= 0.3 is 0 Å². The molecule has 0 spiro atoms. The Labute approximate surface area is 133 Å². The van der Waals surface area contributed by atoms with Gasteiger partial charge in [-0.3, -0.25) is 0 Å². The molecule has 0 saturated carbocycles. The van der Waals surface area contributed by atoms with Gasteiger partial charge in [0.15, 0.2) is 0 Å². The summed E-state index contributed by atoms with van der Waals surface area (Å²) in [7, 11) is 0. The minimum Gasteiger partial charge on any atom is -0.507 e. The van der Waals surface area contributed by atoms with E-state index in [1.54, 1.807) is 12.1 Å². The summed E-state index contributed by atoms with van der Waals surface area (Å²) in [6.07, 6.45) is 6.21. The third kappa shape index (κ3) is 3.62. The molecule has 0 amide bonds. The molecule has 118 valence electrons. The van der Waals surface area contributed by atoms with Crippen LogP contribution in [-0.2, 0) is 12.8 Å². The van der Waals surface area contributed by atoms with Gasteiger partial charge in [0, 0.05) is 11.1 Å². The predicted octanol–water partition coefficient (Wildman–Crippen LogP) is 5.45. The molecule has 2 rings (SSSR count). The van der Waals surface area contributed by atoms with E-state index in [2.05, 4.69) is 26.0 Å². The number of unbranched alkanes of at least 4 members (excludes halogenated alkanes) is 2. The molecule has 2 N–H and O–H groups in total. The monoisotopic (exact) mass is 298 g/mol. The zero-order chi connectivity index (χ0) is 15.9. The zero-order valence-electron chi connectivity index (χ0n) is 13.6. The first-order valence-corrected chi connectivity index (χ1v) is 8.31. The lowest BCUT2D eigenvalue weighted by molar-refractivity contribution is 0.468. The van der Waals surface area contributed by atoms with Crippen LogP contribution in [0.25, 0.3) is 11.1 Å². The van der Waals surface area contributed by atoms with Gasteiger partial charge < -0.3 is 10.2 Å². The second kappa shape index (κ2) is 7.88. The van der Waals surface area contributed by atoms with E-state index < -0.39 is 0 Å². The maximum absolute atomic E-state index is 10.4. The van der Waals surface area contributed by atoms with Gasteiger partial charge in [-0.2, -0.15) is 0 Å². The van der Waals surface area contributed by atoms with Crippen molar-refractivity contribution in [2.24, 2.45) is 0 Å². The van der Waals surface area contributed by atoms with Crippen molar-refractivity contribution < 1.29 is 10.2 Å². The Balaban J connectivity index is 2.55. The topological polar surface area (TPSA) is 40.5 Å². The first kappa shape index (κ1) is 16.4. The number of hydrogen-bond acceptors (Lipinski definition) is 2. The lowest BCUT2D eigenvalue weighted by Gasteiger charge is -2.17. The minimum absolute atomic E-state index is 0.257. The van der Waals surface area contributed by atoms with E-state index in [9.17, 15) is 10.2 Å². The summed E-state index contributed by atoms with van der Waals surface area (Å²) in [5, 5.41) is 20.8. The SMILES string of the molecule is CCCCc1cccc(O)c1-c1c(O)cccc1CCCC. The van der Waals surface area contributed by atoms with Crippen LogP contribution in [0.2, 0.25) is 0 Å². The second-order valence-corrected chi connectivity index (χ2v) is 5.83. The molecule has 0 bridgehead atoms. The van der Waals surface area contributed by atoms with Crippen LogP contribution in [0.5, 0.6) is 11.5 Å². The number of aryl methyl sites for hydroxylation is 2. The molecule has 0 unspecified atom stereocenters. The molecule has 0 aliphatic heterocycles. The molecule has 2 heteroatoms. The molecular weight excluding hydrogens is 272 g/mol. The van der Waals surface area contributed by atoms with Gasteiger partial charge in [0.1, 0.15) is 11.5 Å². The molecule has 2 aromatic rings. The van der Waals surface area contributed by atoms with E-state index in [4.69, 9.17) is 0 Å². The van der Waals surface area contributed by atoms with Crippen molar-refractivity contribution in [3.63, 3.8) is 0 Å². The van der Waals surface area contributed by atoms with Crippen LogP contribution in [0.15, 0.2) is 36.4 Å². The minimum atomic E-state index is 0.257. The molecule has 22 heavy (non-hydrogen) atoms. The molecule has 0 fully saturated rings. The summed E-state index contributed by atoms with van der Waals surface area (Å²) in [6.45, 7) is 4.32. The third-order valence-corrected chi connectivity index (χ3v) is 4.11. The zero-order valence-corrected chi connectivity index (χ0v) is 13.6. The van der Waals surface area contributed by atoms with E-state index in [0.717, 1.165) is 60.8 Å². The summed E-state index contributed by atoms with van der Waals surface area (Å²) < 4.78 is 0. The van der Waals surface area contributed by atoms with Crippen LogP contribution in [0.3, 0.4) is 0 Å². The van der Waals surface area contributed by atoms with Crippen molar-refractivity contribution in [2.45, 2.75) is 52.4 Å². The maximum Gasteiger partial charge on any atom is 0.123 e. The number of aromatic hydroxyl groups is 2. The fourth-order valence-corrected chi connectivity index (χ4v) is 2.90. The van der Waals surface area contributed by atoms with Crippen LogP contribution in [0, 0.1) is 0 Å². The molecule has 0 radical (unpaired) electrons. The van der Waals surface area contributed by atoms with Gasteiger partial charge in [-0.15, -0.1) is 0 Å². The largest absolute Gasteiger partial charge is 0.507 e. The number of hydrogen-bond donors (Lipinski definition) is 2. The highest BCUT2D eigenvalue weighted by molar-refractivity contribution is 5.81. The first-order valence-electron chi connectivity index (χ1n) is 8.31.